The number of benzene rings is 1. The van der Waals surface area contributed by atoms with Crippen LogP contribution in [0.15, 0.2) is 36.7 Å². The van der Waals surface area contributed by atoms with Gasteiger partial charge in [-0.25, -0.2) is 4.68 Å². The lowest BCUT2D eigenvalue weighted by Crippen LogP contribution is -2.47. The highest BCUT2D eigenvalue weighted by Crippen LogP contribution is 2.31. The summed E-state index contributed by atoms with van der Waals surface area (Å²) in [6.45, 7) is 2.74. The summed E-state index contributed by atoms with van der Waals surface area (Å²) in [4.78, 5) is 14.6. The van der Waals surface area contributed by atoms with Crippen molar-refractivity contribution in [3.05, 3.63) is 47.2 Å². The van der Waals surface area contributed by atoms with Crippen LogP contribution >= 0.6 is 11.6 Å². The molecule has 2 saturated heterocycles. The van der Waals surface area contributed by atoms with Crippen molar-refractivity contribution in [3.63, 3.8) is 0 Å². The van der Waals surface area contributed by atoms with Crippen LogP contribution in [0.4, 0.5) is 0 Å². The van der Waals surface area contributed by atoms with Crippen LogP contribution in [0, 0.1) is 0 Å². The topological polar surface area (TPSA) is 65.8 Å². The van der Waals surface area contributed by atoms with E-state index in [9.17, 15) is 4.79 Å². The van der Waals surface area contributed by atoms with Gasteiger partial charge in [-0.1, -0.05) is 17.7 Å². The van der Waals surface area contributed by atoms with E-state index in [4.69, 9.17) is 25.8 Å². The second-order valence-electron chi connectivity index (χ2n) is 6.40. The molecule has 0 bridgehead atoms. The Morgan fingerprint density at radius 2 is 2.04 bits per heavy atom. The molecular weight excluding hydrogens is 358 g/mol. The maximum Gasteiger partial charge on any atom is 0.253 e. The highest BCUT2D eigenvalue weighted by molar-refractivity contribution is 6.30. The molecule has 0 aliphatic carbocycles. The van der Waals surface area contributed by atoms with Crippen molar-refractivity contribution >= 4 is 17.5 Å². The molecule has 2 aliphatic rings. The summed E-state index contributed by atoms with van der Waals surface area (Å²) < 4.78 is 18.7. The number of hydrogen-bond acceptors (Lipinski definition) is 5. The summed E-state index contributed by atoms with van der Waals surface area (Å²) in [5.74, 6) is 0.121. The van der Waals surface area contributed by atoms with E-state index in [-0.39, 0.29) is 12.6 Å². The number of rotatable bonds is 4. The Kier molecular flexibility index (Phi) is 4.84. The quantitative estimate of drug-likeness (QED) is 0.819. The molecule has 0 unspecified atom stereocenters. The molecule has 0 saturated carbocycles. The molecular formula is C18H20ClN3O4. The number of ether oxygens (including phenoxy) is 3. The predicted octanol–water partition coefficient (Wildman–Crippen LogP) is 2.55. The fourth-order valence-electron chi connectivity index (χ4n) is 3.29. The third kappa shape index (κ3) is 3.70. The first-order chi connectivity index (χ1) is 12.6. The second kappa shape index (κ2) is 7.26. The van der Waals surface area contributed by atoms with Gasteiger partial charge in [-0.15, -0.1) is 0 Å². The van der Waals surface area contributed by atoms with Gasteiger partial charge in [-0.05, 0) is 18.2 Å². The number of piperidine rings is 1. The average Bonchev–Trinajstić information content (AvgIpc) is 3.30. The van der Waals surface area contributed by atoms with E-state index in [2.05, 4.69) is 5.10 Å². The molecule has 0 atom stereocenters. The van der Waals surface area contributed by atoms with E-state index in [0.717, 1.165) is 0 Å². The van der Waals surface area contributed by atoms with E-state index in [0.29, 0.717) is 55.5 Å². The summed E-state index contributed by atoms with van der Waals surface area (Å²) >= 11 is 5.83. The first-order valence-corrected chi connectivity index (χ1v) is 8.99. The minimum absolute atomic E-state index is 0.00886. The van der Waals surface area contributed by atoms with Crippen LogP contribution in [0.25, 0.3) is 0 Å². The minimum Gasteiger partial charge on any atom is -0.471 e. The fraction of sp³-hybridized carbons (Fsp3) is 0.444. The number of hydrogen-bond donors (Lipinski definition) is 0. The number of carbonyl (C=O) groups excluding carboxylic acids is 1. The number of amides is 1. The third-order valence-corrected chi connectivity index (χ3v) is 4.87. The second-order valence-corrected chi connectivity index (χ2v) is 6.84. The number of aromatic nitrogens is 2. The Morgan fingerprint density at radius 1 is 1.27 bits per heavy atom. The third-order valence-electron chi connectivity index (χ3n) is 4.67. The Balaban J connectivity index is 1.37. The van der Waals surface area contributed by atoms with Crippen molar-refractivity contribution in [3.8, 4) is 5.75 Å². The predicted molar refractivity (Wildman–Crippen MR) is 94.1 cm³/mol. The van der Waals surface area contributed by atoms with Crippen molar-refractivity contribution in [2.45, 2.75) is 25.4 Å². The molecule has 8 heteroatoms. The molecule has 0 N–H and O–H groups in total. The number of likely N-dealkylation sites (tertiary alicyclic amines) is 1. The Bertz CT molecular complexity index is 778. The van der Waals surface area contributed by atoms with Crippen molar-refractivity contribution in [1.29, 1.82) is 0 Å². The highest BCUT2D eigenvalue weighted by atomic mass is 35.5. The fourth-order valence-corrected chi connectivity index (χ4v) is 3.44. The van der Waals surface area contributed by atoms with Gasteiger partial charge in [0, 0.05) is 37.7 Å². The van der Waals surface area contributed by atoms with Gasteiger partial charge in [0.05, 0.1) is 24.4 Å². The summed E-state index contributed by atoms with van der Waals surface area (Å²) in [5, 5.41) is 4.61. The van der Waals surface area contributed by atoms with Crippen LogP contribution in [0.5, 0.6) is 5.75 Å². The van der Waals surface area contributed by atoms with Gasteiger partial charge in [-0.3, -0.25) is 4.79 Å². The summed E-state index contributed by atoms with van der Waals surface area (Å²) in [6.07, 6.45) is 4.63. The number of halogens is 1. The van der Waals surface area contributed by atoms with E-state index in [1.807, 2.05) is 17.0 Å². The molecule has 7 nitrogen and oxygen atoms in total. The van der Waals surface area contributed by atoms with E-state index in [1.54, 1.807) is 29.2 Å². The molecule has 0 radical (unpaired) electrons. The van der Waals surface area contributed by atoms with Crippen molar-refractivity contribution in [2.24, 2.45) is 0 Å². The smallest absolute Gasteiger partial charge is 0.253 e. The van der Waals surface area contributed by atoms with Gasteiger partial charge in [-0.2, -0.15) is 5.10 Å². The zero-order valence-corrected chi connectivity index (χ0v) is 15.0. The number of carbonyl (C=O) groups is 1. The molecule has 26 heavy (non-hydrogen) atoms. The zero-order valence-electron chi connectivity index (χ0n) is 14.3. The maximum absolute atomic E-state index is 12.8. The van der Waals surface area contributed by atoms with Crippen LogP contribution in [0.3, 0.4) is 0 Å². The van der Waals surface area contributed by atoms with Crippen LogP contribution in [-0.2, 0) is 16.2 Å². The van der Waals surface area contributed by atoms with Gasteiger partial charge >= 0.3 is 0 Å². The molecule has 138 valence electrons. The maximum atomic E-state index is 12.8. The van der Waals surface area contributed by atoms with Crippen molar-refractivity contribution in [1.82, 2.24) is 14.7 Å². The van der Waals surface area contributed by atoms with E-state index < -0.39 is 5.79 Å². The molecule has 1 aromatic carbocycles. The lowest BCUT2D eigenvalue weighted by atomic mass is 10.0. The summed E-state index contributed by atoms with van der Waals surface area (Å²) in [7, 11) is 0. The first-order valence-electron chi connectivity index (χ1n) is 8.62. The van der Waals surface area contributed by atoms with Crippen LogP contribution < -0.4 is 4.74 Å². The summed E-state index contributed by atoms with van der Waals surface area (Å²) in [5.41, 5.74) is 0.602. The molecule has 1 amide bonds. The Morgan fingerprint density at radius 3 is 2.73 bits per heavy atom. The van der Waals surface area contributed by atoms with Crippen LogP contribution in [0.2, 0.25) is 5.02 Å². The van der Waals surface area contributed by atoms with Crippen LogP contribution in [0.1, 0.15) is 23.2 Å². The molecule has 1 aromatic heterocycles. The van der Waals surface area contributed by atoms with Gasteiger partial charge in [0.1, 0.15) is 5.75 Å². The number of nitrogens with zero attached hydrogens (tertiary/aromatic N) is 3. The molecule has 2 aliphatic heterocycles. The van der Waals surface area contributed by atoms with E-state index >= 15 is 0 Å². The molecule has 2 aromatic rings. The van der Waals surface area contributed by atoms with Gasteiger partial charge < -0.3 is 19.1 Å². The van der Waals surface area contributed by atoms with Crippen molar-refractivity contribution < 1.29 is 19.0 Å². The van der Waals surface area contributed by atoms with Crippen molar-refractivity contribution in [2.75, 3.05) is 26.3 Å². The summed E-state index contributed by atoms with van der Waals surface area (Å²) in [6, 6.07) is 7.17. The molecule has 3 heterocycles. The normalized spacial score (nSPS) is 19.0. The first kappa shape index (κ1) is 17.3. The minimum atomic E-state index is -0.479. The monoisotopic (exact) mass is 377 g/mol. The Labute approximate surface area is 156 Å². The SMILES string of the molecule is O=C(c1cccc(OCn2cc(Cl)cn2)c1)N1CCC2(CC1)OCCO2. The lowest BCUT2D eigenvalue weighted by molar-refractivity contribution is -0.181. The highest BCUT2D eigenvalue weighted by Gasteiger charge is 2.40. The molecule has 2 fully saturated rings. The largest absolute Gasteiger partial charge is 0.471 e. The standard InChI is InChI=1S/C18H20ClN3O4/c19-15-11-20-22(12-15)13-24-16-3-1-2-14(10-16)17(23)21-6-4-18(5-7-21)25-8-9-26-18/h1-3,10-12H,4-9,13H2. The Hall–Kier alpha value is -2.09. The van der Waals surface area contributed by atoms with Gasteiger partial charge in [0.15, 0.2) is 12.5 Å². The lowest BCUT2D eigenvalue weighted by Gasteiger charge is -2.37. The van der Waals surface area contributed by atoms with E-state index in [1.165, 1.54) is 0 Å². The van der Waals surface area contributed by atoms with Gasteiger partial charge in [0.2, 0.25) is 0 Å². The van der Waals surface area contributed by atoms with Crippen LogP contribution in [-0.4, -0.2) is 52.7 Å². The molecule has 4 rings (SSSR count). The average molecular weight is 378 g/mol. The zero-order chi connectivity index (χ0) is 18.0. The molecule has 1 spiro atoms. The van der Waals surface area contributed by atoms with Gasteiger partial charge in [0.25, 0.3) is 5.91 Å².